The third kappa shape index (κ3) is 2.70. The molecule has 0 saturated heterocycles. The van der Waals surface area contributed by atoms with E-state index in [1.807, 2.05) is 6.07 Å². The highest BCUT2D eigenvalue weighted by Gasteiger charge is 2.42. The SMILES string of the molecule is CCN(C(C)(C)C(=O)O)S(=O)(=O)c1ccc2c(c1)CCC2. The molecule has 1 N–H and O–H groups in total. The molecule has 1 aliphatic carbocycles. The molecule has 0 spiro atoms. The minimum Gasteiger partial charge on any atom is -0.480 e. The first-order valence-corrected chi connectivity index (χ1v) is 8.53. The lowest BCUT2D eigenvalue weighted by Gasteiger charge is -2.33. The molecule has 0 radical (unpaired) electrons. The van der Waals surface area contributed by atoms with Gasteiger partial charge < -0.3 is 5.11 Å². The number of aliphatic carboxylic acids is 1. The Morgan fingerprint density at radius 3 is 2.48 bits per heavy atom. The Bertz CT molecular complexity index is 664. The van der Waals surface area contributed by atoms with Crippen LogP contribution >= 0.6 is 0 Å². The van der Waals surface area contributed by atoms with E-state index < -0.39 is 21.5 Å². The Labute approximate surface area is 125 Å². The van der Waals surface area contributed by atoms with Crippen LogP contribution in [-0.2, 0) is 27.7 Å². The fourth-order valence-electron chi connectivity index (χ4n) is 2.81. The van der Waals surface area contributed by atoms with Crippen LogP contribution in [0.5, 0.6) is 0 Å². The molecule has 0 atom stereocenters. The van der Waals surface area contributed by atoms with Crippen molar-refractivity contribution in [3.05, 3.63) is 29.3 Å². The van der Waals surface area contributed by atoms with Gasteiger partial charge in [-0.15, -0.1) is 0 Å². The number of fused-ring (bicyclic) bond motifs is 1. The van der Waals surface area contributed by atoms with Gasteiger partial charge in [0.15, 0.2) is 0 Å². The van der Waals surface area contributed by atoms with Crippen molar-refractivity contribution in [3.8, 4) is 0 Å². The minimum absolute atomic E-state index is 0.110. The van der Waals surface area contributed by atoms with Crippen molar-refractivity contribution in [1.82, 2.24) is 4.31 Å². The monoisotopic (exact) mass is 311 g/mol. The number of sulfonamides is 1. The van der Waals surface area contributed by atoms with Crippen LogP contribution < -0.4 is 0 Å². The Balaban J connectivity index is 2.47. The summed E-state index contributed by atoms with van der Waals surface area (Å²) >= 11 is 0. The summed E-state index contributed by atoms with van der Waals surface area (Å²) in [5.74, 6) is -1.16. The molecule has 1 aromatic carbocycles. The smallest absolute Gasteiger partial charge is 0.324 e. The molecule has 21 heavy (non-hydrogen) atoms. The van der Waals surface area contributed by atoms with Gasteiger partial charge in [0, 0.05) is 6.54 Å². The van der Waals surface area contributed by atoms with Crippen molar-refractivity contribution >= 4 is 16.0 Å². The molecule has 1 aromatic rings. The standard InChI is InChI=1S/C15H21NO4S/c1-4-16(15(2,3)14(17)18)21(19,20)13-9-8-11-6-5-7-12(11)10-13/h8-10H,4-7H2,1-3H3,(H,17,18). The van der Waals surface area contributed by atoms with E-state index in [9.17, 15) is 18.3 Å². The third-order valence-corrected chi connectivity index (χ3v) is 6.24. The summed E-state index contributed by atoms with van der Waals surface area (Å²) in [6.45, 7) is 4.57. The van der Waals surface area contributed by atoms with E-state index in [4.69, 9.17) is 0 Å². The third-order valence-electron chi connectivity index (χ3n) is 4.09. The highest BCUT2D eigenvalue weighted by atomic mass is 32.2. The van der Waals surface area contributed by atoms with Crippen LogP contribution in [0.1, 0.15) is 38.3 Å². The fraction of sp³-hybridized carbons (Fsp3) is 0.533. The second-order valence-corrected chi connectivity index (χ2v) is 7.68. The summed E-state index contributed by atoms with van der Waals surface area (Å²) in [4.78, 5) is 11.6. The first-order valence-electron chi connectivity index (χ1n) is 7.09. The molecule has 1 aliphatic rings. The number of carboxylic acid groups (broad SMARTS) is 1. The highest BCUT2D eigenvalue weighted by molar-refractivity contribution is 7.89. The summed E-state index contributed by atoms with van der Waals surface area (Å²) < 4.78 is 26.6. The number of carbonyl (C=O) groups is 1. The Kier molecular flexibility index (Phi) is 4.13. The topological polar surface area (TPSA) is 74.7 Å². The lowest BCUT2D eigenvalue weighted by atomic mass is 10.1. The van der Waals surface area contributed by atoms with Gasteiger partial charge in [0.25, 0.3) is 0 Å². The zero-order valence-corrected chi connectivity index (χ0v) is 13.4. The van der Waals surface area contributed by atoms with Crippen LogP contribution in [0.4, 0.5) is 0 Å². The van der Waals surface area contributed by atoms with Crippen molar-refractivity contribution in [2.24, 2.45) is 0 Å². The van der Waals surface area contributed by atoms with Crippen molar-refractivity contribution in [2.75, 3.05) is 6.54 Å². The molecule has 0 heterocycles. The molecule has 0 bridgehead atoms. The van der Waals surface area contributed by atoms with E-state index in [1.54, 1.807) is 19.1 Å². The quantitative estimate of drug-likeness (QED) is 0.903. The zero-order valence-electron chi connectivity index (χ0n) is 12.6. The molecule has 0 saturated carbocycles. The Hall–Kier alpha value is -1.40. The van der Waals surface area contributed by atoms with Gasteiger partial charge in [0.2, 0.25) is 10.0 Å². The van der Waals surface area contributed by atoms with E-state index in [-0.39, 0.29) is 11.4 Å². The fourth-order valence-corrected chi connectivity index (χ4v) is 4.61. The van der Waals surface area contributed by atoms with Crippen molar-refractivity contribution < 1.29 is 18.3 Å². The molecular formula is C15H21NO4S. The average Bonchev–Trinajstić information content (AvgIpc) is 2.85. The molecule has 0 aliphatic heterocycles. The summed E-state index contributed by atoms with van der Waals surface area (Å²) in [6, 6.07) is 5.12. The van der Waals surface area contributed by atoms with E-state index in [0.29, 0.717) is 0 Å². The molecular weight excluding hydrogens is 290 g/mol. The summed E-state index contributed by atoms with van der Waals surface area (Å²) in [5.41, 5.74) is 0.766. The van der Waals surface area contributed by atoms with E-state index >= 15 is 0 Å². The van der Waals surface area contributed by atoms with E-state index in [1.165, 1.54) is 19.4 Å². The van der Waals surface area contributed by atoms with Crippen LogP contribution in [-0.4, -0.2) is 35.9 Å². The number of aryl methyl sites for hydroxylation is 2. The van der Waals surface area contributed by atoms with Gasteiger partial charge >= 0.3 is 5.97 Å². The first-order chi connectivity index (χ1) is 9.71. The predicted molar refractivity (Wildman–Crippen MR) is 79.7 cm³/mol. The largest absolute Gasteiger partial charge is 0.480 e. The summed E-state index contributed by atoms with van der Waals surface area (Å²) in [6.07, 6.45) is 2.90. The molecule has 6 heteroatoms. The van der Waals surface area contributed by atoms with Gasteiger partial charge in [-0.2, -0.15) is 4.31 Å². The number of nitrogens with zero attached hydrogens (tertiary/aromatic N) is 1. The Morgan fingerprint density at radius 2 is 1.90 bits per heavy atom. The van der Waals surface area contributed by atoms with Gasteiger partial charge in [-0.1, -0.05) is 13.0 Å². The summed E-state index contributed by atoms with van der Waals surface area (Å²) in [5, 5.41) is 9.30. The highest BCUT2D eigenvalue weighted by Crippen LogP contribution is 2.29. The van der Waals surface area contributed by atoms with Crippen LogP contribution in [0.3, 0.4) is 0 Å². The number of carboxylic acids is 1. The van der Waals surface area contributed by atoms with Gasteiger partial charge in [-0.05, 0) is 56.4 Å². The molecule has 0 fully saturated rings. The molecule has 0 aromatic heterocycles. The first kappa shape index (κ1) is 16.0. The molecule has 2 rings (SSSR count). The van der Waals surface area contributed by atoms with Crippen LogP contribution in [0.25, 0.3) is 0 Å². The van der Waals surface area contributed by atoms with Crippen molar-refractivity contribution in [3.63, 3.8) is 0 Å². The number of hydrogen-bond acceptors (Lipinski definition) is 3. The van der Waals surface area contributed by atoms with Crippen molar-refractivity contribution in [1.29, 1.82) is 0 Å². The minimum atomic E-state index is -3.82. The van der Waals surface area contributed by atoms with Gasteiger partial charge in [-0.3, -0.25) is 4.79 Å². The Morgan fingerprint density at radius 1 is 1.29 bits per heavy atom. The second kappa shape index (κ2) is 5.42. The van der Waals surface area contributed by atoms with E-state index in [2.05, 4.69) is 0 Å². The maximum absolute atomic E-state index is 12.8. The second-order valence-electron chi connectivity index (χ2n) is 5.82. The van der Waals surface area contributed by atoms with Crippen LogP contribution in [0.2, 0.25) is 0 Å². The molecule has 0 amide bonds. The zero-order chi connectivity index (χ0) is 15.8. The molecule has 116 valence electrons. The predicted octanol–water partition coefficient (Wildman–Crippen LogP) is 2.05. The number of benzene rings is 1. The summed E-state index contributed by atoms with van der Waals surface area (Å²) in [7, 11) is -3.82. The van der Waals surface area contributed by atoms with Gasteiger partial charge in [0.05, 0.1) is 4.90 Å². The van der Waals surface area contributed by atoms with Crippen LogP contribution in [0, 0.1) is 0 Å². The van der Waals surface area contributed by atoms with Crippen molar-refractivity contribution in [2.45, 2.75) is 50.5 Å². The van der Waals surface area contributed by atoms with Gasteiger partial charge in [-0.25, -0.2) is 8.42 Å². The van der Waals surface area contributed by atoms with E-state index in [0.717, 1.165) is 29.1 Å². The van der Waals surface area contributed by atoms with Gasteiger partial charge in [0.1, 0.15) is 5.54 Å². The average molecular weight is 311 g/mol. The molecule has 5 nitrogen and oxygen atoms in total. The number of rotatable bonds is 5. The van der Waals surface area contributed by atoms with Crippen LogP contribution in [0.15, 0.2) is 23.1 Å². The lowest BCUT2D eigenvalue weighted by Crippen LogP contribution is -2.52. The lowest BCUT2D eigenvalue weighted by molar-refractivity contribution is -0.146. The maximum atomic E-state index is 12.8. The number of likely N-dealkylation sites (N-methyl/N-ethyl adjacent to an activating group) is 1. The normalized spacial score (nSPS) is 15.2. The molecule has 0 unspecified atom stereocenters. The number of hydrogen-bond donors (Lipinski definition) is 1. The maximum Gasteiger partial charge on any atom is 0.324 e.